The first-order valence-corrected chi connectivity index (χ1v) is 3.47. The number of carbonyl (C=O) groups excluding carboxylic acids is 2. The van der Waals surface area contributed by atoms with Gasteiger partial charge in [0.25, 0.3) is 5.91 Å². The Labute approximate surface area is 86.4 Å². The number of benzene rings is 1. The number of para-hydroxylation sites is 1. The molecule has 0 heterocycles. The average molecular weight is 217 g/mol. The molecule has 0 atom stereocenters. The first-order valence-electron chi connectivity index (χ1n) is 3.47. The molecule has 0 saturated carbocycles. The van der Waals surface area contributed by atoms with Gasteiger partial charge < -0.3 is 16.2 Å². The van der Waals surface area contributed by atoms with Gasteiger partial charge in [0, 0.05) is 0 Å². The molecular formula is C8H9ClN2O3. The van der Waals surface area contributed by atoms with E-state index in [1.54, 1.807) is 12.1 Å². The van der Waals surface area contributed by atoms with Gasteiger partial charge in [-0.3, -0.25) is 4.79 Å². The summed E-state index contributed by atoms with van der Waals surface area (Å²) in [4.78, 5) is 21.2. The molecule has 4 N–H and O–H groups in total. The van der Waals surface area contributed by atoms with Gasteiger partial charge in [-0.2, -0.15) is 0 Å². The maximum Gasteiger partial charge on any atom is 0.409 e. The summed E-state index contributed by atoms with van der Waals surface area (Å²) in [6, 6.07) is 6.09. The minimum absolute atomic E-state index is 0. The molecule has 0 unspecified atom stereocenters. The van der Waals surface area contributed by atoms with Crippen molar-refractivity contribution in [2.45, 2.75) is 0 Å². The maximum absolute atomic E-state index is 10.8. The van der Waals surface area contributed by atoms with Crippen LogP contribution in [0.25, 0.3) is 0 Å². The minimum Gasteiger partial charge on any atom is -0.410 e. The van der Waals surface area contributed by atoms with E-state index in [0.717, 1.165) is 0 Å². The molecule has 0 aliphatic rings. The molecule has 14 heavy (non-hydrogen) atoms. The fraction of sp³-hybridized carbons (Fsp3) is 0. The van der Waals surface area contributed by atoms with Gasteiger partial charge in [-0.1, -0.05) is 12.1 Å². The molecule has 0 saturated heterocycles. The zero-order valence-corrected chi connectivity index (χ0v) is 7.91. The third kappa shape index (κ3) is 2.95. The van der Waals surface area contributed by atoms with E-state index in [9.17, 15) is 9.59 Å². The van der Waals surface area contributed by atoms with Crippen molar-refractivity contribution in [2.75, 3.05) is 0 Å². The number of halogens is 1. The number of primary amides is 2. The van der Waals surface area contributed by atoms with Crippen LogP contribution in [-0.2, 0) is 0 Å². The van der Waals surface area contributed by atoms with Crippen LogP contribution in [0.4, 0.5) is 4.79 Å². The average Bonchev–Trinajstić information content (AvgIpc) is 2.03. The normalized spacial score (nSPS) is 8.57. The summed E-state index contributed by atoms with van der Waals surface area (Å²) in [6.07, 6.45) is -0.978. The Hall–Kier alpha value is -1.75. The first kappa shape index (κ1) is 12.2. The summed E-state index contributed by atoms with van der Waals surface area (Å²) in [7, 11) is 0. The van der Waals surface area contributed by atoms with Crippen LogP contribution in [0, 0.1) is 0 Å². The lowest BCUT2D eigenvalue weighted by Crippen LogP contribution is -2.19. The van der Waals surface area contributed by atoms with Crippen LogP contribution in [0.2, 0.25) is 0 Å². The van der Waals surface area contributed by atoms with Crippen molar-refractivity contribution in [2.24, 2.45) is 11.5 Å². The fourth-order valence-corrected chi connectivity index (χ4v) is 0.868. The van der Waals surface area contributed by atoms with Gasteiger partial charge in [0.1, 0.15) is 5.75 Å². The Balaban J connectivity index is 0.00000169. The molecule has 0 spiro atoms. The van der Waals surface area contributed by atoms with Gasteiger partial charge in [-0.05, 0) is 12.1 Å². The van der Waals surface area contributed by atoms with Crippen LogP contribution >= 0.6 is 12.4 Å². The molecule has 2 amide bonds. The molecule has 0 fully saturated rings. The van der Waals surface area contributed by atoms with Crippen molar-refractivity contribution in [1.82, 2.24) is 0 Å². The Kier molecular flexibility index (Phi) is 4.45. The van der Waals surface area contributed by atoms with E-state index in [2.05, 4.69) is 4.74 Å². The van der Waals surface area contributed by atoms with Gasteiger partial charge in [0.2, 0.25) is 0 Å². The molecule has 6 heteroatoms. The predicted molar refractivity (Wildman–Crippen MR) is 52.4 cm³/mol. The largest absolute Gasteiger partial charge is 0.410 e. The van der Waals surface area contributed by atoms with Gasteiger partial charge in [-0.25, -0.2) is 4.79 Å². The SMILES string of the molecule is Cl.NC(=O)Oc1ccccc1C(N)=O. The van der Waals surface area contributed by atoms with Crippen LogP contribution in [-0.4, -0.2) is 12.0 Å². The zero-order valence-electron chi connectivity index (χ0n) is 7.10. The van der Waals surface area contributed by atoms with Gasteiger partial charge in [-0.15, -0.1) is 12.4 Å². The van der Waals surface area contributed by atoms with Gasteiger partial charge in [0.15, 0.2) is 0 Å². The molecule has 1 rings (SSSR count). The number of nitrogens with two attached hydrogens (primary N) is 2. The second-order valence-corrected chi connectivity index (χ2v) is 2.28. The molecule has 0 aromatic heterocycles. The van der Waals surface area contributed by atoms with E-state index in [-0.39, 0.29) is 23.7 Å². The zero-order chi connectivity index (χ0) is 9.84. The summed E-state index contributed by atoms with van der Waals surface area (Å²) in [6.45, 7) is 0. The number of rotatable bonds is 2. The molecule has 0 bridgehead atoms. The van der Waals surface area contributed by atoms with E-state index >= 15 is 0 Å². The first-order chi connectivity index (χ1) is 6.11. The Morgan fingerprint density at radius 2 is 1.71 bits per heavy atom. The number of amides is 2. The van der Waals surface area contributed by atoms with Crippen molar-refractivity contribution in [3.05, 3.63) is 29.8 Å². The van der Waals surface area contributed by atoms with Crippen molar-refractivity contribution in [3.63, 3.8) is 0 Å². The smallest absolute Gasteiger partial charge is 0.409 e. The van der Waals surface area contributed by atoms with Crippen LogP contribution in [0.3, 0.4) is 0 Å². The predicted octanol–water partition coefficient (Wildman–Crippen LogP) is 0.665. The minimum atomic E-state index is -0.978. The summed E-state index contributed by atoms with van der Waals surface area (Å²) in [5.41, 5.74) is 9.93. The lowest BCUT2D eigenvalue weighted by atomic mass is 10.2. The third-order valence-electron chi connectivity index (χ3n) is 1.36. The monoisotopic (exact) mass is 216 g/mol. The summed E-state index contributed by atoms with van der Waals surface area (Å²) < 4.78 is 4.54. The highest BCUT2D eigenvalue weighted by atomic mass is 35.5. The van der Waals surface area contributed by atoms with Crippen molar-refractivity contribution >= 4 is 24.4 Å². The van der Waals surface area contributed by atoms with Crippen molar-refractivity contribution in [3.8, 4) is 5.75 Å². The van der Waals surface area contributed by atoms with Crippen LogP contribution in [0.1, 0.15) is 10.4 Å². The van der Waals surface area contributed by atoms with E-state index in [1.807, 2.05) is 0 Å². The standard InChI is InChI=1S/C8H8N2O3.ClH/c9-7(11)5-3-1-2-4-6(5)13-8(10)12;/h1-4H,(H2,9,11)(H2,10,12);1H. The van der Waals surface area contributed by atoms with Crippen molar-refractivity contribution in [1.29, 1.82) is 0 Å². The Morgan fingerprint density at radius 3 is 2.21 bits per heavy atom. The molecule has 1 aromatic rings. The van der Waals surface area contributed by atoms with E-state index < -0.39 is 12.0 Å². The topological polar surface area (TPSA) is 95.4 Å². The number of carbonyl (C=O) groups is 2. The highest BCUT2D eigenvalue weighted by Crippen LogP contribution is 2.16. The molecule has 0 aliphatic carbocycles. The molecule has 0 radical (unpaired) electrons. The lowest BCUT2D eigenvalue weighted by molar-refractivity contribution is 0.0998. The Morgan fingerprint density at radius 1 is 1.14 bits per heavy atom. The quantitative estimate of drug-likeness (QED) is 0.760. The van der Waals surface area contributed by atoms with E-state index in [0.29, 0.717) is 0 Å². The number of ether oxygens (including phenoxy) is 1. The van der Waals surface area contributed by atoms with Crippen LogP contribution in [0.5, 0.6) is 5.75 Å². The van der Waals surface area contributed by atoms with Gasteiger partial charge >= 0.3 is 6.09 Å². The molecular weight excluding hydrogens is 208 g/mol. The fourth-order valence-electron chi connectivity index (χ4n) is 0.868. The summed E-state index contributed by atoms with van der Waals surface area (Å²) in [5, 5.41) is 0. The highest BCUT2D eigenvalue weighted by molar-refractivity contribution is 5.96. The second kappa shape index (κ2) is 5.08. The molecule has 0 aliphatic heterocycles. The van der Waals surface area contributed by atoms with E-state index in [1.165, 1.54) is 12.1 Å². The molecule has 5 nitrogen and oxygen atoms in total. The van der Waals surface area contributed by atoms with Gasteiger partial charge in [0.05, 0.1) is 5.56 Å². The second-order valence-electron chi connectivity index (χ2n) is 2.28. The number of hydrogen-bond donors (Lipinski definition) is 2. The van der Waals surface area contributed by atoms with Crippen LogP contribution in [0.15, 0.2) is 24.3 Å². The third-order valence-corrected chi connectivity index (χ3v) is 1.36. The summed E-state index contributed by atoms with van der Waals surface area (Å²) >= 11 is 0. The van der Waals surface area contributed by atoms with E-state index in [4.69, 9.17) is 11.5 Å². The molecule has 76 valence electrons. The lowest BCUT2D eigenvalue weighted by Gasteiger charge is -2.03. The Bertz CT molecular complexity index is 354. The maximum atomic E-state index is 10.8. The van der Waals surface area contributed by atoms with Crippen LogP contribution < -0.4 is 16.2 Å². The summed E-state index contributed by atoms with van der Waals surface area (Å²) in [5.74, 6) is -0.598. The highest BCUT2D eigenvalue weighted by Gasteiger charge is 2.09. The van der Waals surface area contributed by atoms with Crippen molar-refractivity contribution < 1.29 is 14.3 Å². The number of hydrogen-bond acceptors (Lipinski definition) is 3. The molecule has 1 aromatic carbocycles.